The zero-order valence-corrected chi connectivity index (χ0v) is 11.3. The van der Waals surface area contributed by atoms with Crippen molar-refractivity contribution in [1.29, 1.82) is 0 Å². The summed E-state index contributed by atoms with van der Waals surface area (Å²) in [7, 11) is 0. The lowest BCUT2D eigenvalue weighted by Crippen LogP contribution is -2.03. The second-order valence-electron chi connectivity index (χ2n) is 5.62. The van der Waals surface area contributed by atoms with Crippen molar-refractivity contribution in [1.82, 2.24) is 19.8 Å². The predicted octanol–water partition coefficient (Wildman–Crippen LogP) is 2.91. The van der Waals surface area contributed by atoms with Crippen LogP contribution in [0.25, 0.3) is 5.65 Å². The number of aryl methyl sites for hydroxylation is 1. The third-order valence-electron chi connectivity index (χ3n) is 4.76. The number of fused-ring (bicyclic) bond motifs is 2. The van der Waals surface area contributed by atoms with E-state index >= 15 is 0 Å². The Morgan fingerprint density at radius 3 is 2.56 bits per heavy atom. The molecule has 2 aromatic rings. The smallest absolute Gasteiger partial charge is 0.181 e. The lowest BCUT2D eigenvalue weighted by molar-refractivity contribution is 0.641. The van der Waals surface area contributed by atoms with Gasteiger partial charge in [-0.3, -0.25) is 0 Å². The molecule has 94 valence electrons. The van der Waals surface area contributed by atoms with E-state index in [1.54, 1.807) is 0 Å². The Labute approximate surface area is 110 Å². The van der Waals surface area contributed by atoms with E-state index in [0.29, 0.717) is 11.1 Å². The minimum atomic E-state index is 0.562. The molecule has 18 heavy (non-hydrogen) atoms. The Morgan fingerprint density at radius 2 is 1.83 bits per heavy atom. The molecule has 2 aromatic heterocycles. The van der Waals surface area contributed by atoms with Gasteiger partial charge >= 0.3 is 0 Å². The highest BCUT2D eigenvalue weighted by Gasteiger charge is 2.55. The topological polar surface area (TPSA) is 43.1 Å². The van der Waals surface area contributed by atoms with Crippen LogP contribution in [-0.2, 0) is 0 Å². The van der Waals surface area contributed by atoms with Crippen molar-refractivity contribution in [3.8, 4) is 0 Å². The molecule has 2 heterocycles. The second-order valence-corrected chi connectivity index (χ2v) is 5.98. The fourth-order valence-corrected chi connectivity index (χ4v) is 3.74. The van der Waals surface area contributed by atoms with Gasteiger partial charge in [0.15, 0.2) is 16.6 Å². The Balaban J connectivity index is 1.88. The van der Waals surface area contributed by atoms with E-state index < -0.39 is 0 Å². The largest absolute Gasteiger partial charge is 0.195 e. The van der Waals surface area contributed by atoms with Crippen molar-refractivity contribution in [2.45, 2.75) is 39.0 Å². The molecule has 0 radical (unpaired) electrons. The van der Waals surface area contributed by atoms with Gasteiger partial charge in [-0.1, -0.05) is 18.0 Å². The van der Waals surface area contributed by atoms with Gasteiger partial charge in [0.05, 0.1) is 0 Å². The molecule has 0 amide bonds. The molecule has 2 atom stereocenters. The zero-order chi connectivity index (χ0) is 12.4. The minimum absolute atomic E-state index is 0.562. The normalized spacial score (nSPS) is 29.8. The average Bonchev–Trinajstić information content (AvgIpc) is 2.78. The van der Waals surface area contributed by atoms with Gasteiger partial charge in [-0.05, 0) is 44.1 Å². The zero-order valence-electron chi connectivity index (χ0n) is 10.5. The van der Waals surface area contributed by atoms with Crippen molar-refractivity contribution in [3.63, 3.8) is 0 Å². The Kier molecular flexibility index (Phi) is 2.05. The van der Waals surface area contributed by atoms with Crippen LogP contribution < -0.4 is 0 Å². The molecule has 0 bridgehead atoms. The molecule has 0 aromatic carbocycles. The highest BCUT2D eigenvalue weighted by molar-refractivity contribution is 6.30. The lowest BCUT2D eigenvalue weighted by Gasteiger charge is -2.05. The number of nitrogens with zero attached hydrogens (tertiary/aromatic N) is 4. The molecule has 0 N–H and O–H groups in total. The van der Waals surface area contributed by atoms with E-state index in [1.807, 2.05) is 18.4 Å². The summed E-state index contributed by atoms with van der Waals surface area (Å²) in [5.74, 6) is 3.23. The highest BCUT2D eigenvalue weighted by Crippen LogP contribution is 2.62. The van der Waals surface area contributed by atoms with Crippen molar-refractivity contribution in [2.24, 2.45) is 11.8 Å². The monoisotopic (exact) mass is 262 g/mol. The van der Waals surface area contributed by atoms with Gasteiger partial charge < -0.3 is 0 Å². The first-order chi connectivity index (χ1) is 8.68. The summed E-state index contributed by atoms with van der Waals surface area (Å²) in [4.78, 5) is 0. The minimum Gasteiger partial charge on any atom is -0.195 e. The molecule has 2 aliphatic carbocycles. The van der Waals surface area contributed by atoms with Crippen LogP contribution in [0.3, 0.4) is 0 Å². The van der Waals surface area contributed by atoms with Crippen LogP contribution >= 0.6 is 11.6 Å². The molecule has 5 heteroatoms. The van der Waals surface area contributed by atoms with E-state index in [0.717, 1.165) is 34.4 Å². The highest BCUT2D eigenvalue weighted by atomic mass is 35.5. The molecule has 2 fully saturated rings. The third-order valence-corrected chi connectivity index (χ3v) is 5.12. The van der Waals surface area contributed by atoms with E-state index in [9.17, 15) is 0 Å². The van der Waals surface area contributed by atoms with Crippen LogP contribution in [0.15, 0.2) is 0 Å². The molecule has 4 nitrogen and oxygen atoms in total. The van der Waals surface area contributed by atoms with Gasteiger partial charge in [0.2, 0.25) is 0 Å². The van der Waals surface area contributed by atoms with Crippen LogP contribution in [0, 0.1) is 25.7 Å². The fourth-order valence-electron chi connectivity index (χ4n) is 3.52. The summed E-state index contributed by atoms with van der Waals surface area (Å²) < 4.78 is 1.87. The van der Waals surface area contributed by atoms with Gasteiger partial charge in [0.25, 0.3) is 0 Å². The van der Waals surface area contributed by atoms with E-state index in [-0.39, 0.29) is 0 Å². The van der Waals surface area contributed by atoms with Gasteiger partial charge in [-0.25, -0.2) is 0 Å². The van der Waals surface area contributed by atoms with Gasteiger partial charge in [-0.15, -0.1) is 10.2 Å². The van der Waals surface area contributed by atoms with Crippen molar-refractivity contribution in [3.05, 3.63) is 22.1 Å². The molecule has 2 saturated carbocycles. The van der Waals surface area contributed by atoms with Gasteiger partial charge in [0.1, 0.15) is 0 Å². The van der Waals surface area contributed by atoms with E-state index in [4.69, 9.17) is 11.6 Å². The molecule has 4 rings (SSSR count). The maximum absolute atomic E-state index is 6.18. The van der Waals surface area contributed by atoms with Gasteiger partial charge in [0, 0.05) is 11.5 Å². The molecule has 0 aliphatic heterocycles. The number of halogens is 1. The van der Waals surface area contributed by atoms with Crippen molar-refractivity contribution in [2.75, 3.05) is 0 Å². The summed E-state index contributed by atoms with van der Waals surface area (Å²) in [5.41, 5.74) is 2.94. The number of rotatable bonds is 1. The summed E-state index contributed by atoms with van der Waals surface area (Å²) in [5, 5.41) is 13.7. The molecular weight excluding hydrogens is 248 g/mol. The van der Waals surface area contributed by atoms with Crippen LogP contribution in [-0.4, -0.2) is 19.8 Å². The van der Waals surface area contributed by atoms with Crippen LogP contribution in [0.1, 0.15) is 42.1 Å². The average molecular weight is 263 g/mol. The van der Waals surface area contributed by atoms with Crippen LogP contribution in [0.2, 0.25) is 5.15 Å². The standard InChI is InChI=1S/C13H15ClN4/c1-6-7(2)12-15-16-13(18(12)17-11(6)14)10-8-4-3-5-9(8)10/h8-10H,3-5H2,1-2H3. The second kappa shape index (κ2) is 3.44. The summed E-state index contributed by atoms with van der Waals surface area (Å²) >= 11 is 6.18. The lowest BCUT2D eigenvalue weighted by atomic mass is 10.1. The van der Waals surface area contributed by atoms with Crippen molar-refractivity contribution < 1.29 is 0 Å². The molecular formula is C13H15ClN4. The SMILES string of the molecule is Cc1c(Cl)nn2c(C3C4CCCC43)nnc2c1C. The summed E-state index contributed by atoms with van der Waals surface area (Å²) in [6.45, 7) is 4.01. The Hall–Kier alpha value is -1.16. The Morgan fingerprint density at radius 1 is 1.11 bits per heavy atom. The predicted molar refractivity (Wildman–Crippen MR) is 68.8 cm³/mol. The first kappa shape index (κ1) is 10.7. The summed E-state index contributed by atoms with van der Waals surface area (Å²) in [6, 6.07) is 0. The number of hydrogen-bond donors (Lipinski definition) is 0. The maximum Gasteiger partial charge on any atom is 0.181 e. The number of hydrogen-bond acceptors (Lipinski definition) is 3. The first-order valence-corrected chi connectivity index (χ1v) is 6.94. The number of aromatic nitrogens is 4. The summed E-state index contributed by atoms with van der Waals surface area (Å²) in [6.07, 6.45) is 4.04. The first-order valence-electron chi connectivity index (χ1n) is 6.56. The fraction of sp³-hybridized carbons (Fsp3) is 0.615. The third kappa shape index (κ3) is 1.24. The molecule has 0 spiro atoms. The maximum atomic E-state index is 6.18. The quantitative estimate of drug-likeness (QED) is 0.794. The van der Waals surface area contributed by atoms with Crippen LogP contribution in [0.5, 0.6) is 0 Å². The van der Waals surface area contributed by atoms with Crippen LogP contribution in [0.4, 0.5) is 0 Å². The van der Waals surface area contributed by atoms with Gasteiger partial charge in [-0.2, -0.15) is 9.61 Å². The Bertz CT molecular complexity index is 638. The van der Waals surface area contributed by atoms with Crippen molar-refractivity contribution >= 4 is 17.2 Å². The van der Waals surface area contributed by atoms with E-state index in [2.05, 4.69) is 15.3 Å². The van der Waals surface area contributed by atoms with E-state index in [1.165, 1.54) is 19.3 Å². The molecule has 2 aliphatic rings. The molecule has 2 unspecified atom stereocenters. The molecule has 0 saturated heterocycles.